The van der Waals surface area contributed by atoms with Gasteiger partial charge in [0.05, 0.1) is 12.3 Å². The number of piperazine rings is 1. The van der Waals surface area contributed by atoms with E-state index in [1.165, 1.54) is 12.1 Å². The molecule has 0 atom stereocenters. The third-order valence-electron chi connectivity index (χ3n) is 3.93. The van der Waals surface area contributed by atoms with Crippen molar-refractivity contribution < 1.29 is 18.3 Å². The van der Waals surface area contributed by atoms with Crippen LogP contribution < -0.4 is 10.2 Å². The molecule has 26 heavy (non-hydrogen) atoms. The van der Waals surface area contributed by atoms with Crippen molar-refractivity contribution in [3.05, 3.63) is 42.1 Å². The number of ether oxygens (including phenoxy) is 1. The number of rotatable bonds is 4. The second-order valence-corrected chi connectivity index (χ2v) is 5.66. The number of carbonyl (C=O) groups excluding carboxylic acids is 1. The number of benzene rings is 1. The van der Waals surface area contributed by atoms with Gasteiger partial charge in [-0.15, -0.1) is 0 Å². The smallest absolute Gasteiger partial charge is 0.409 e. The average molecular weight is 363 g/mol. The van der Waals surface area contributed by atoms with Crippen molar-refractivity contribution in [2.45, 2.75) is 6.92 Å². The monoisotopic (exact) mass is 363 g/mol. The summed E-state index contributed by atoms with van der Waals surface area (Å²) in [5, 5.41) is 2.82. The molecule has 1 N–H and O–H groups in total. The number of nitrogens with zero attached hydrogens (tertiary/aromatic N) is 4. The number of aromatic nitrogens is 2. The highest BCUT2D eigenvalue weighted by atomic mass is 19.1. The molecule has 1 fully saturated rings. The fourth-order valence-corrected chi connectivity index (χ4v) is 2.60. The average Bonchev–Trinajstić information content (AvgIpc) is 2.65. The van der Waals surface area contributed by atoms with E-state index in [2.05, 4.69) is 15.3 Å². The van der Waals surface area contributed by atoms with Crippen LogP contribution in [0.5, 0.6) is 0 Å². The molecule has 1 saturated heterocycles. The maximum Gasteiger partial charge on any atom is 0.409 e. The summed E-state index contributed by atoms with van der Waals surface area (Å²) in [6.07, 6.45) is 1.24. The SMILES string of the molecule is CCOC(=O)N1CCN(c2nccc(Nc3ccc(F)cc3F)n2)CC1. The fourth-order valence-electron chi connectivity index (χ4n) is 2.60. The van der Waals surface area contributed by atoms with Gasteiger partial charge in [-0.25, -0.2) is 18.6 Å². The van der Waals surface area contributed by atoms with E-state index in [4.69, 9.17) is 4.74 Å². The molecule has 2 aromatic rings. The highest BCUT2D eigenvalue weighted by molar-refractivity contribution is 5.68. The Kier molecular flexibility index (Phi) is 5.45. The van der Waals surface area contributed by atoms with Crippen LogP contribution in [0.25, 0.3) is 0 Å². The van der Waals surface area contributed by atoms with Crippen molar-refractivity contribution in [3.8, 4) is 0 Å². The maximum absolute atomic E-state index is 13.8. The van der Waals surface area contributed by atoms with Crippen LogP contribution in [-0.4, -0.2) is 53.7 Å². The second-order valence-electron chi connectivity index (χ2n) is 5.66. The Hall–Kier alpha value is -2.97. The lowest BCUT2D eigenvalue weighted by molar-refractivity contribution is 0.105. The van der Waals surface area contributed by atoms with Gasteiger partial charge in [-0.1, -0.05) is 0 Å². The van der Waals surface area contributed by atoms with Crippen molar-refractivity contribution >= 4 is 23.5 Å². The molecule has 3 rings (SSSR count). The Morgan fingerprint density at radius 1 is 1.23 bits per heavy atom. The predicted octanol–water partition coefficient (Wildman–Crippen LogP) is 2.78. The molecule has 0 unspecified atom stereocenters. The van der Waals surface area contributed by atoms with E-state index in [0.29, 0.717) is 44.6 Å². The van der Waals surface area contributed by atoms with Crippen LogP contribution in [0, 0.1) is 11.6 Å². The van der Waals surface area contributed by atoms with Gasteiger partial charge in [0.15, 0.2) is 0 Å². The number of hydrogen-bond donors (Lipinski definition) is 1. The number of hydrogen-bond acceptors (Lipinski definition) is 6. The quantitative estimate of drug-likeness (QED) is 0.901. The highest BCUT2D eigenvalue weighted by Crippen LogP contribution is 2.21. The molecular formula is C17H19F2N5O2. The van der Waals surface area contributed by atoms with E-state index in [1.807, 2.05) is 4.90 Å². The Bertz CT molecular complexity index is 781. The van der Waals surface area contributed by atoms with Gasteiger partial charge < -0.3 is 19.9 Å². The molecule has 1 aliphatic heterocycles. The van der Waals surface area contributed by atoms with Gasteiger partial charge in [-0.3, -0.25) is 0 Å². The minimum Gasteiger partial charge on any atom is -0.450 e. The molecule has 0 bridgehead atoms. The number of anilines is 3. The van der Waals surface area contributed by atoms with Gasteiger partial charge in [0, 0.05) is 38.4 Å². The van der Waals surface area contributed by atoms with Gasteiger partial charge >= 0.3 is 6.09 Å². The zero-order valence-electron chi connectivity index (χ0n) is 14.3. The van der Waals surface area contributed by atoms with Gasteiger partial charge in [0.25, 0.3) is 0 Å². The first-order valence-corrected chi connectivity index (χ1v) is 8.28. The molecule has 0 saturated carbocycles. The molecular weight excluding hydrogens is 344 g/mol. The van der Waals surface area contributed by atoms with Crippen LogP contribution >= 0.6 is 0 Å². The van der Waals surface area contributed by atoms with Crippen LogP contribution in [0.1, 0.15) is 6.92 Å². The Labute approximate surface area is 149 Å². The molecule has 1 amide bonds. The highest BCUT2D eigenvalue weighted by Gasteiger charge is 2.23. The molecule has 1 aromatic heterocycles. The fraction of sp³-hybridized carbons (Fsp3) is 0.353. The largest absolute Gasteiger partial charge is 0.450 e. The van der Waals surface area contributed by atoms with Gasteiger partial charge in [-0.05, 0) is 25.1 Å². The molecule has 7 nitrogen and oxygen atoms in total. The molecule has 0 spiro atoms. The molecule has 2 heterocycles. The topological polar surface area (TPSA) is 70.6 Å². The number of carbonyl (C=O) groups is 1. The van der Waals surface area contributed by atoms with E-state index in [0.717, 1.165) is 6.07 Å². The van der Waals surface area contributed by atoms with Crippen molar-refractivity contribution in [2.75, 3.05) is 43.0 Å². The summed E-state index contributed by atoms with van der Waals surface area (Å²) in [5.74, 6) is -0.474. The predicted molar refractivity (Wildman–Crippen MR) is 92.5 cm³/mol. The van der Waals surface area contributed by atoms with Crippen LogP contribution in [-0.2, 0) is 4.74 Å². The molecule has 0 radical (unpaired) electrons. The Morgan fingerprint density at radius 2 is 2.00 bits per heavy atom. The van der Waals surface area contributed by atoms with E-state index < -0.39 is 11.6 Å². The minimum absolute atomic E-state index is 0.128. The van der Waals surface area contributed by atoms with E-state index >= 15 is 0 Å². The Morgan fingerprint density at radius 3 is 2.69 bits per heavy atom. The standard InChI is InChI=1S/C17H19F2N5O2/c1-2-26-17(25)24-9-7-23(8-10-24)16-20-6-5-15(22-16)21-14-4-3-12(18)11-13(14)19/h3-6,11H,2,7-10H2,1H3,(H,20,21,22). The van der Waals surface area contributed by atoms with Crippen molar-refractivity contribution in [3.63, 3.8) is 0 Å². The summed E-state index contributed by atoms with van der Waals surface area (Å²) >= 11 is 0. The first-order valence-electron chi connectivity index (χ1n) is 8.28. The number of amides is 1. The van der Waals surface area contributed by atoms with Crippen LogP contribution in [0.15, 0.2) is 30.5 Å². The normalized spacial score (nSPS) is 14.3. The third kappa shape index (κ3) is 4.16. The van der Waals surface area contributed by atoms with Gasteiger partial charge in [0.2, 0.25) is 5.95 Å². The van der Waals surface area contributed by atoms with Crippen LogP contribution in [0.4, 0.5) is 31.0 Å². The molecule has 138 valence electrons. The number of nitrogens with one attached hydrogen (secondary N) is 1. The van der Waals surface area contributed by atoms with Gasteiger partial charge in [-0.2, -0.15) is 4.98 Å². The van der Waals surface area contributed by atoms with E-state index in [1.54, 1.807) is 24.1 Å². The summed E-state index contributed by atoms with van der Waals surface area (Å²) < 4.78 is 31.8. The van der Waals surface area contributed by atoms with Crippen LogP contribution in [0.3, 0.4) is 0 Å². The van der Waals surface area contributed by atoms with Crippen molar-refractivity contribution in [1.29, 1.82) is 0 Å². The zero-order valence-corrected chi connectivity index (χ0v) is 14.3. The molecule has 0 aliphatic carbocycles. The van der Waals surface area contributed by atoms with E-state index in [-0.39, 0.29) is 11.8 Å². The lowest BCUT2D eigenvalue weighted by atomic mass is 10.3. The summed E-state index contributed by atoms with van der Waals surface area (Å²) in [6.45, 7) is 4.25. The maximum atomic E-state index is 13.8. The minimum atomic E-state index is -0.701. The second kappa shape index (κ2) is 7.94. The first kappa shape index (κ1) is 17.8. The molecule has 9 heteroatoms. The van der Waals surface area contributed by atoms with Crippen molar-refractivity contribution in [2.24, 2.45) is 0 Å². The zero-order chi connectivity index (χ0) is 18.5. The molecule has 1 aromatic carbocycles. The number of halogens is 2. The summed E-state index contributed by atoms with van der Waals surface area (Å²) in [7, 11) is 0. The first-order chi connectivity index (χ1) is 12.6. The lowest BCUT2D eigenvalue weighted by Crippen LogP contribution is -2.49. The van der Waals surface area contributed by atoms with Crippen molar-refractivity contribution in [1.82, 2.24) is 14.9 Å². The molecule has 1 aliphatic rings. The van der Waals surface area contributed by atoms with Gasteiger partial charge in [0.1, 0.15) is 17.5 Å². The Balaban J connectivity index is 1.65. The third-order valence-corrected chi connectivity index (χ3v) is 3.93. The van der Waals surface area contributed by atoms with Crippen LogP contribution in [0.2, 0.25) is 0 Å². The van der Waals surface area contributed by atoms with E-state index in [9.17, 15) is 13.6 Å². The summed E-state index contributed by atoms with van der Waals surface area (Å²) in [5.41, 5.74) is 0.128. The lowest BCUT2D eigenvalue weighted by Gasteiger charge is -2.34. The summed E-state index contributed by atoms with van der Waals surface area (Å²) in [6, 6.07) is 4.88. The summed E-state index contributed by atoms with van der Waals surface area (Å²) in [4.78, 5) is 23.9.